The summed E-state index contributed by atoms with van der Waals surface area (Å²) in [6.07, 6.45) is 3.42. The zero-order valence-corrected chi connectivity index (χ0v) is 17.8. The van der Waals surface area contributed by atoms with E-state index in [0.717, 1.165) is 20.0 Å². The van der Waals surface area contributed by atoms with Crippen LogP contribution in [0.1, 0.15) is 40.7 Å². The van der Waals surface area contributed by atoms with Gasteiger partial charge >= 0.3 is 11.9 Å². The number of methoxy groups -OCH3 is 1. The minimum absolute atomic E-state index is 0.118. The van der Waals surface area contributed by atoms with Crippen LogP contribution in [-0.2, 0) is 14.3 Å². The van der Waals surface area contributed by atoms with E-state index < -0.39 is 11.9 Å². The molecule has 164 valence electrons. The van der Waals surface area contributed by atoms with Crippen molar-refractivity contribution < 1.29 is 29.0 Å². The molecule has 0 saturated heterocycles. The highest BCUT2D eigenvalue weighted by Crippen LogP contribution is 2.33. The summed E-state index contributed by atoms with van der Waals surface area (Å²) in [4.78, 5) is 35.5. The fraction of sp³-hybridized carbons (Fsp3) is 0.348. The van der Waals surface area contributed by atoms with Crippen LogP contribution in [0.15, 0.2) is 30.3 Å². The number of phenolic OH excluding ortho intramolecular Hbond substituents is 1. The van der Waals surface area contributed by atoms with Gasteiger partial charge in [0.1, 0.15) is 17.2 Å². The largest absolute Gasteiger partial charge is 0.507 e. The Balaban J connectivity index is 1.75. The number of hydrogen-bond acceptors (Lipinski definition) is 6. The second-order valence-electron chi connectivity index (χ2n) is 7.67. The van der Waals surface area contributed by atoms with E-state index in [1.807, 2.05) is 0 Å². The molecule has 0 unspecified atom stereocenters. The Kier molecular flexibility index (Phi) is 6.79. The van der Waals surface area contributed by atoms with Crippen LogP contribution in [0.5, 0.6) is 17.2 Å². The highest BCUT2D eigenvalue weighted by molar-refractivity contribution is 6.37. The van der Waals surface area contributed by atoms with E-state index in [0.29, 0.717) is 40.8 Å². The Bertz CT molecular complexity index is 990. The second kappa shape index (κ2) is 9.51. The molecule has 2 aromatic carbocycles. The maximum atomic E-state index is 12.5. The SMILES string of the molecule is COC(=O)C(=O)Nc1cc(C)c(Oc2ccc(O)c(C(=O)NCC3CCC3)c2)c(C)c1. The normalized spacial score (nSPS) is 13.1. The number of phenols is 1. The van der Waals surface area contributed by atoms with Gasteiger partial charge in [-0.3, -0.25) is 9.59 Å². The number of aromatic hydroxyl groups is 1. The predicted octanol–water partition coefficient (Wildman–Crippen LogP) is 3.44. The monoisotopic (exact) mass is 426 g/mol. The van der Waals surface area contributed by atoms with Crippen molar-refractivity contribution in [3.63, 3.8) is 0 Å². The van der Waals surface area contributed by atoms with Crippen LogP contribution in [0.25, 0.3) is 0 Å². The summed E-state index contributed by atoms with van der Waals surface area (Å²) in [5, 5.41) is 15.4. The molecule has 2 aromatic rings. The van der Waals surface area contributed by atoms with Gasteiger partial charge in [-0.15, -0.1) is 0 Å². The van der Waals surface area contributed by atoms with E-state index in [4.69, 9.17) is 4.74 Å². The molecule has 0 atom stereocenters. The summed E-state index contributed by atoms with van der Waals surface area (Å²) in [7, 11) is 1.13. The van der Waals surface area contributed by atoms with Crippen LogP contribution >= 0.6 is 0 Å². The van der Waals surface area contributed by atoms with Crippen molar-refractivity contribution in [1.82, 2.24) is 5.32 Å². The quantitative estimate of drug-likeness (QED) is 0.482. The molecular formula is C23H26N2O6. The van der Waals surface area contributed by atoms with Crippen molar-refractivity contribution in [2.75, 3.05) is 19.0 Å². The number of carbonyl (C=O) groups excluding carboxylic acids is 3. The summed E-state index contributed by atoms with van der Waals surface area (Å²) < 4.78 is 10.4. The fourth-order valence-electron chi connectivity index (χ4n) is 3.37. The van der Waals surface area contributed by atoms with Crippen LogP contribution in [0, 0.1) is 19.8 Å². The number of esters is 1. The molecule has 2 amide bonds. The Morgan fingerprint density at radius 3 is 2.35 bits per heavy atom. The van der Waals surface area contributed by atoms with Crippen molar-refractivity contribution in [3.8, 4) is 17.2 Å². The molecule has 1 fully saturated rings. The summed E-state index contributed by atoms with van der Waals surface area (Å²) in [5.41, 5.74) is 2.00. The highest BCUT2D eigenvalue weighted by Gasteiger charge is 2.20. The van der Waals surface area contributed by atoms with Crippen LogP contribution in [0.4, 0.5) is 5.69 Å². The molecule has 1 saturated carbocycles. The zero-order valence-electron chi connectivity index (χ0n) is 17.8. The molecule has 0 bridgehead atoms. The van der Waals surface area contributed by atoms with Gasteiger partial charge in [-0.2, -0.15) is 0 Å². The van der Waals surface area contributed by atoms with E-state index in [2.05, 4.69) is 15.4 Å². The Morgan fingerprint density at radius 2 is 1.77 bits per heavy atom. The standard InChI is InChI=1S/C23H26N2O6/c1-13-9-16(25-22(28)23(29)30-3)10-14(2)20(13)31-17-7-8-19(26)18(11-17)21(27)24-12-15-5-4-6-15/h7-11,15,26H,4-6,12H2,1-3H3,(H,24,27)(H,25,28). The van der Waals surface area contributed by atoms with Gasteiger partial charge in [0.05, 0.1) is 12.7 Å². The smallest absolute Gasteiger partial charge is 0.396 e. The lowest BCUT2D eigenvalue weighted by Gasteiger charge is -2.25. The number of aryl methyl sites for hydroxylation is 2. The van der Waals surface area contributed by atoms with Gasteiger partial charge in [0.2, 0.25) is 0 Å². The van der Waals surface area contributed by atoms with Gasteiger partial charge in [-0.1, -0.05) is 6.42 Å². The molecule has 0 aliphatic heterocycles. The molecule has 0 heterocycles. The first-order chi connectivity index (χ1) is 14.8. The average Bonchev–Trinajstić information content (AvgIpc) is 2.69. The molecule has 31 heavy (non-hydrogen) atoms. The van der Waals surface area contributed by atoms with Gasteiger partial charge in [0.15, 0.2) is 0 Å². The number of ether oxygens (including phenoxy) is 2. The first kappa shape index (κ1) is 22.1. The fourth-order valence-corrected chi connectivity index (χ4v) is 3.37. The molecule has 0 radical (unpaired) electrons. The van der Waals surface area contributed by atoms with Crippen LogP contribution in [0.2, 0.25) is 0 Å². The molecular weight excluding hydrogens is 400 g/mol. The summed E-state index contributed by atoms with van der Waals surface area (Å²) in [5.74, 6) is -0.869. The Morgan fingerprint density at radius 1 is 1.10 bits per heavy atom. The molecule has 1 aliphatic carbocycles. The van der Waals surface area contributed by atoms with Gasteiger partial charge in [0.25, 0.3) is 5.91 Å². The topological polar surface area (TPSA) is 114 Å². The second-order valence-corrected chi connectivity index (χ2v) is 7.67. The molecule has 0 spiro atoms. The van der Waals surface area contributed by atoms with Gasteiger partial charge < -0.3 is 25.2 Å². The molecule has 1 aliphatic rings. The summed E-state index contributed by atoms with van der Waals surface area (Å²) in [6.45, 7) is 4.19. The summed E-state index contributed by atoms with van der Waals surface area (Å²) in [6, 6.07) is 7.82. The highest BCUT2D eigenvalue weighted by atomic mass is 16.5. The molecule has 8 heteroatoms. The number of carbonyl (C=O) groups is 3. The number of benzene rings is 2. The van der Waals surface area contributed by atoms with Crippen molar-refractivity contribution in [2.24, 2.45) is 5.92 Å². The zero-order chi connectivity index (χ0) is 22.5. The van der Waals surface area contributed by atoms with E-state index in [9.17, 15) is 19.5 Å². The van der Waals surface area contributed by atoms with E-state index >= 15 is 0 Å². The molecule has 8 nitrogen and oxygen atoms in total. The Hall–Kier alpha value is -3.55. The Labute approximate surface area is 180 Å². The number of nitrogens with one attached hydrogen (secondary N) is 2. The molecule has 3 N–H and O–H groups in total. The third kappa shape index (κ3) is 5.33. The van der Waals surface area contributed by atoms with E-state index in [1.165, 1.54) is 18.6 Å². The maximum Gasteiger partial charge on any atom is 0.396 e. The number of anilines is 1. The third-order valence-electron chi connectivity index (χ3n) is 5.30. The van der Waals surface area contributed by atoms with Crippen LogP contribution < -0.4 is 15.4 Å². The first-order valence-electron chi connectivity index (χ1n) is 10.1. The number of hydrogen-bond donors (Lipinski definition) is 3. The predicted molar refractivity (Wildman–Crippen MR) is 114 cm³/mol. The van der Waals surface area contributed by atoms with Crippen molar-refractivity contribution in [1.29, 1.82) is 0 Å². The lowest BCUT2D eigenvalue weighted by atomic mass is 9.85. The molecule has 3 rings (SSSR count). The van der Waals surface area contributed by atoms with E-state index in [1.54, 1.807) is 32.0 Å². The van der Waals surface area contributed by atoms with E-state index in [-0.39, 0.29) is 17.2 Å². The average molecular weight is 426 g/mol. The minimum Gasteiger partial charge on any atom is -0.507 e. The maximum absolute atomic E-state index is 12.5. The van der Waals surface area contributed by atoms with Crippen molar-refractivity contribution in [2.45, 2.75) is 33.1 Å². The first-order valence-corrected chi connectivity index (χ1v) is 10.1. The summed E-state index contributed by atoms with van der Waals surface area (Å²) >= 11 is 0. The van der Waals surface area contributed by atoms with Gasteiger partial charge in [-0.25, -0.2) is 4.79 Å². The molecule has 0 aromatic heterocycles. The lowest BCUT2D eigenvalue weighted by molar-refractivity contribution is -0.150. The van der Waals surface area contributed by atoms with Crippen LogP contribution in [0.3, 0.4) is 0 Å². The minimum atomic E-state index is -0.983. The third-order valence-corrected chi connectivity index (χ3v) is 5.30. The number of rotatable bonds is 6. The van der Waals surface area contributed by atoms with Crippen molar-refractivity contribution in [3.05, 3.63) is 47.0 Å². The van der Waals surface area contributed by atoms with Gasteiger partial charge in [-0.05, 0) is 74.1 Å². The number of amides is 2. The van der Waals surface area contributed by atoms with Crippen LogP contribution in [-0.4, -0.2) is 36.5 Å². The van der Waals surface area contributed by atoms with Crippen molar-refractivity contribution >= 4 is 23.5 Å². The lowest BCUT2D eigenvalue weighted by Crippen LogP contribution is -2.32. The van der Waals surface area contributed by atoms with Gasteiger partial charge in [0, 0.05) is 12.2 Å².